The first-order chi connectivity index (χ1) is 16.7. The summed E-state index contributed by atoms with van der Waals surface area (Å²) < 4.78 is 1.87. The summed E-state index contributed by atoms with van der Waals surface area (Å²) in [6.45, 7) is 6.01. The maximum absolute atomic E-state index is 13.7. The lowest BCUT2D eigenvalue weighted by Crippen LogP contribution is -2.40. The van der Waals surface area contributed by atoms with Crippen LogP contribution in [0.5, 0.6) is 0 Å². The predicted octanol–water partition coefficient (Wildman–Crippen LogP) is 6.41. The van der Waals surface area contributed by atoms with E-state index in [0.29, 0.717) is 35.5 Å². The Balaban J connectivity index is 1.89. The molecule has 0 amide bonds. The normalized spacial score (nSPS) is 19.5. The van der Waals surface area contributed by atoms with Crippen molar-refractivity contribution in [2.45, 2.75) is 39.5 Å². The molecule has 0 spiro atoms. The van der Waals surface area contributed by atoms with Crippen LogP contribution in [0, 0.1) is 33.8 Å². The van der Waals surface area contributed by atoms with Gasteiger partial charge >= 0.3 is 0 Å². The molecule has 7 nitrogen and oxygen atoms in total. The molecule has 0 bridgehead atoms. The summed E-state index contributed by atoms with van der Waals surface area (Å²) >= 11 is 1.53. The number of carbonyl (C=O) groups excluding carboxylic acids is 1. The average molecular weight is 485 g/mol. The zero-order chi connectivity index (χ0) is 24.9. The summed E-state index contributed by atoms with van der Waals surface area (Å²) in [6.07, 6.45) is 4.70. The first kappa shape index (κ1) is 22.8. The number of anilines is 1. The SMILES string of the molecule is Cc1ccc([N+](=O)[O-])cc1N1C2=C(C(=O)CC(C)(C)C2)[C@@H](c2ccsc2)C(C#N)=C1n1cccc1. The molecule has 0 fully saturated rings. The largest absolute Gasteiger partial charge is 0.309 e. The van der Waals surface area contributed by atoms with Crippen molar-refractivity contribution < 1.29 is 9.72 Å². The summed E-state index contributed by atoms with van der Waals surface area (Å²) in [5.41, 5.74) is 3.83. The molecule has 8 heteroatoms. The average Bonchev–Trinajstić information content (AvgIpc) is 3.51. The van der Waals surface area contributed by atoms with Crippen LogP contribution < -0.4 is 4.90 Å². The number of Topliss-reactive ketones (excluding diaryl/α,β-unsaturated/α-hetero) is 1. The smallest absolute Gasteiger partial charge is 0.271 e. The van der Waals surface area contributed by atoms with Crippen molar-refractivity contribution in [2.24, 2.45) is 5.41 Å². The second kappa shape index (κ2) is 8.36. The van der Waals surface area contributed by atoms with Crippen LogP contribution in [0.3, 0.4) is 0 Å². The van der Waals surface area contributed by atoms with Gasteiger partial charge in [-0.05, 0) is 58.8 Å². The molecule has 0 saturated carbocycles. The first-order valence-corrected chi connectivity index (χ1v) is 12.3. The maximum atomic E-state index is 13.7. The minimum absolute atomic E-state index is 0.0137. The molecular weight excluding hydrogens is 460 g/mol. The zero-order valence-electron chi connectivity index (χ0n) is 19.7. The fourth-order valence-electron chi connectivity index (χ4n) is 5.18. The van der Waals surface area contributed by atoms with Crippen molar-refractivity contribution in [2.75, 3.05) is 4.90 Å². The van der Waals surface area contributed by atoms with Gasteiger partial charge in [0, 0.05) is 42.2 Å². The van der Waals surface area contributed by atoms with Crippen LogP contribution in [0.4, 0.5) is 11.4 Å². The number of benzene rings is 1. The second-order valence-corrected chi connectivity index (χ2v) is 10.6. The number of carbonyl (C=O) groups is 1. The number of non-ortho nitro benzene ring substituents is 1. The van der Waals surface area contributed by atoms with Crippen LogP contribution in [0.2, 0.25) is 0 Å². The first-order valence-electron chi connectivity index (χ1n) is 11.3. The molecule has 1 aliphatic heterocycles. The molecule has 2 aliphatic rings. The van der Waals surface area contributed by atoms with Gasteiger partial charge in [0.1, 0.15) is 5.82 Å². The van der Waals surface area contributed by atoms with E-state index < -0.39 is 10.8 Å². The molecule has 0 N–H and O–H groups in total. The molecule has 1 aromatic carbocycles. The Morgan fingerprint density at radius 3 is 2.57 bits per heavy atom. The second-order valence-electron chi connectivity index (χ2n) is 9.79. The van der Waals surface area contributed by atoms with Crippen LogP contribution in [0.15, 0.2) is 76.4 Å². The number of ketones is 1. The van der Waals surface area contributed by atoms with Crippen molar-refractivity contribution >= 4 is 34.3 Å². The van der Waals surface area contributed by atoms with Crippen LogP contribution in [-0.4, -0.2) is 15.3 Å². The number of nitro benzene ring substituents is 1. The van der Waals surface area contributed by atoms with Crippen molar-refractivity contribution in [3.8, 4) is 6.07 Å². The highest BCUT2D eigenvalue weighted by molar-refractivity contribution is 7.08. The highest BCUT2D eigenvalue weighted by Gasteiger charge is 2.46. The van der Waals surface area contributed by atoms with Crippen molar-refractivity contribution in [3.05, 3.63) is 97.6 Å². The third-order valence-corrected chi connectivity index (χ3v) is 7.39. The number of nitrogens with zero attached hydrogens (tertiary/aromatic N) is 4. The van der Waals surface area contributed by atoms with E-state index >= 15 is 0 Å². The third kappa shape index (κ3) is 3.78. The van der Waals surface area contributed by atoms with E-state index in [2.05, 4.69) is 19.9 Å². The monoisotopic (exact) mass is 484 g/mol. The highest BCUT2D eigenvalue weighted by Crippen LogP contribution is 2.52. The lowest BCUT2D eigenvalue weighted by Gasteiger charge is -2.45. The van der Waals surface area contributed by atoms with Crippen molar-refractivity contribution in [1.29, 1.82) is 5.26 Å². The van der Waals surface area contributed by atoms with Gasteiger partial charge in [-0.15, -0.1) is 0 Å². The van der Waals surface area contributed by atoms with Gasteiger partial charge in [0.25, 0.3) is 5.69 Å². The minimum atomic E-state index is -0.488. The number of thiophene rings is 1. The van der Waals surface area contributed by atoms with Crippen LogP contribution >= 0.6 is 11.3 Å². The number of hydrogen-bond donors (Lipinski definition) is 0. The topological polar surface area (TPSA) is 92.2 Å². The standard InChI is InChI=1S/C27H24N4O3S/c1-17-6-7-19(31(33)34)12-21(17)30-22-13-27(2,3)14-23(32)25(22)24(18-8-11-35-16-18)20(15-28)26(30)29-9-4-5-10-29/h4-12,16,24H,13-14H2,1-3H3/t24-/m0/s1. The van der Waals surface area contributed by atoms with Gasteiger partial charge in [-0.3, -0.25) is 19.8 Å². The van der Waals surface area contributed by atoms with E-state index in [9.17, 15) is 20.2 Å². The maximum Gasteiger partial charge on any atom is 0.271 e. The number of allylic oxidation sites excluding steroid dienone is 3. The number of nitro groups is 1. The molecular formula is C27H24N4O3S. The molecule has 0 unspecified atom stereocenters. The summed E-state index contributed by atoms with van der Waals surface area (Å²) in [5, 5.41) is 26.1. The molecule has 3 heterocycles. The minimum Gasteiger partial charge on any atom is -0.309 e. The van der Waals surface area contributed by atoms with Crippen LogP contribution in [-0.2, 0) is 4.79 Å². The highest BCUT2D eigenvalue weighted by atomic mass is 32.1. The van der Waals surface area contributed by atoms with Gasteiger partial charge < -0.3 is 4.57 Å². The lowest BCUT2D eigenvalue weighted by molar-refractivity contribution is -0.384. The molecule has 1 atom stereocenters. The Morgan fingerprint density at radius 2 is 1.94 bits per heavy atom. The van der Waals surface area contributed by atoms with Crippen molar-refractivity contribution in [3.63, 3.8) is 0 Å². The van der Waals surface area contributed by atoms with E-state index in [4.69, 9.17) is 0 Å². The van der Waals surface area contributed by atoms with Gasteiger partial charge in [-0.1, -0.05) is 19.9 Å². The van der Waals surface area contributed by atoms with E-state index in [1.165, 1.54) is 23.5 Å². The van der Waals surface area contributed by atoms with E-state index in [1.54, 1.807) is 6.07 Å². The Labute approximate surface area is 207 Å². The lowest BCUT2D eigenvalue weighted by atomic mass is 9.69. The Kier molecular flexibility index (Phi) is 5.45. The van der Waals surface area contributed by atoms with E-state index in [0.717, 1.165) is 16.8 Å². The molecule has 1 aliphatic carbocycles. The van der Waals surface area contributed by atoms with Gasteiger partial charge in [0.15, 0.2) is 5.78 Å². The molecule has 5 rings (SSSR count). The molecule has 0 saturated heterocycles. The molecule has 176 valence electrons. The van der Waals surface area contributed by atoms with Crippen molar-refractivity contribution in [1.82, 2.24) is 4.57 Å². The van der Waals surface area contributed by atoms with Gasteiger partial charge in [-0.2, -0.15) is 16.6 Å². The fourth-order valence-corrected chi connectivity index (χ4v) is 5.87. The Bertz CT molecular complexity index is 1440. The van der Waals surface area contributed by atoms with E-state index in [1.807, 2.05) is 57.7 Å². The molecule has 35 heavy (non-hydrogen) atoms. The van der Waals surface area contributed by atoms with Gasteiger partial charge in [-0.25, -0.2) is 0 Å². The number of rotatable bonds is 4. The number of nitriles is 1. The predicted molar refractivity (Wildman–Crippen MR) is 136 cm³/mol. The zero-order valence-corrected chi connectivity index (χ0v) is 20.5. The molecule has 2 aromatic heterocycles. The third-order valence-electron chi connectivity index (χ3n) is 6.69. The molecule has 3 aromatic rings. The summed E-state index contributed by atoms with van der Waals surface area (Å²) in [7, 11) is 0. The van der Waals surface area contributed by atoms with Crippen LogP contribution in [0.1, 0.15) is 43.7 Å². The Morgan fingerprint density at radius 1 is 1.20 bits per heavy atom. The fraction of sp³-hybridized carbons (Fsp3) is 0.259. The summed E-state index contributed by atoms with van der Waals surface area (Å²) in [6, 6.07) is 12.9. The number of aryl methyl sites for hydroxylation is 1. The van der Waals surface area contributed by atoms with Gasteiger partial charge in [0.2, 0.25) is 0 Å². The van der Waals surface area contributed by atoms with Gasteiger partial charge in [0.05, 0.1) is 28.2 Å². The molecule has 0 radical (unpaired) electrons. The van der Waals surface area contributed by atoms with E-state index in [-0.39, 0.29) is 16.9 Å². The summed E-state index contributed by atoms with van der Waals surface area (Å²) in [4.78, 5) is 26.9. The van der Waals surface area contributed by atoms with Crippen LogP contribution in [0.25, 0.3) is 5.82 Å². The number of aromatic nitrogens is 1. The Hall–Kier alpha value is -3.96. The number of hydrogen-bond acceptors (Lipinski definition) is 6. The summed E-state index contributed by atoms with van der Waals surface area (Å²) in [5.74, 6) is 0.124. The quantitative estimate of drug-likeness (QED) is 0.315.